The van der Waals surface area contributed by atoms with Crippen molar-refractivity contribution in [1.29, 1.82) is 0 Å². The Balaban J connectivity index is 2.70. The van der Waals surface area contributed by atoms with E-state index in [1.54, 1.807) is 12.1 Å². The molecule has 0 fully saturated rings. The van der Waals surface area contributed by atoms with E-state index in [-0.39, 0.29) is 11.4 Å². The van der Waals surface area contributed by atoms with E-state index < -0.39 is 5.82 Å². The van der Waals surface area contributed by atoms with Crippen LogP contribution >= 0.6 is 0 Å². The van der Waals surface area contributed by atoms with Gasteiger partial charge in [0.1, 0.15) is 5.82 Å². The van der Waals surface area contributed by atoms with Crippen molar-refractivity contribution in [3.63, 3.8) is 0 Å². The van der Waals surface area contributed by atoms with Gasteiger partial charge in [0.25, 0.3) is 0 Å². The van der Waals surface area contributed by atoms with E-state index in [4.69, 9.17) is 10.9 Å². The lowest BCUT2D eigenvalue weighted by molar-refractivity contribution is 0.318. The quantitative estimate of drug-likeness (QED) is 0.320. The molecule has 106 valence electrons. The second-order valence-corrected chi connectivity index (χ2v) is 5.12. The largest absolute Gasteiger partial charge is 0.409 e. The van der Waals surface area contributed by atoms with Crippen LogP contribution in [0.15, 0.2) is 23.4 Å². The molecule has 1 aromatic rings. The van der Waals surface area contributed by atoms with Crippen molar-refractivity contribution in [2.45, 2.75) is 27.3 Å². The first-order valence-corrected chi connectivity index (χ1v) is 6.43. The van der Waals surface area contributed by atoms with Crippen LogP contribution in [0.25, 0.3) is 0 Å². The highest BCUT2D eigenvalue weighted by molar-refractivity contribution is 5.97. The zero-order chi connectivity index (χ0) is 14.4. The van der Waals surface area contributed by atoms with Gasteiger partial charge >= 0.3 is 0 Å². The number of nitrogens with one attached hydrogen (secondary N) is 1. The lowest BCUT2D eigenvalue weighted by atomic mass is 9.98. The minimum absolute atomic E-state index is 0.124. The summed E-state index contributed by atoms with van der Waals surface area (Å²) in [7, 11) is 0. The van der Waals surface area contributed by atoms with Gasteiger partial charge in [-0.05, 0) is 24.4 Å². The zero-order valence-corrected chi connectivity index (χ0v) is 11.7. The molecular weight excluding hydrogens is 245 g/mol. The molecule has 0 radical (unpaired) electrons. The van der Waals surface area contributed by atoms with Crippen molar-refractivity contribution in [3.05, 3.63) is 35.1 Å². The van der Waals surface area contributed by atoms with Crippen LogP contribution in [0.1, 0.15) is 31.9 Å². The van der Waals surface area contributed by atoms with Gasteiger partial charge in [0.05, 0.1) is 5.56 Å². The summed E-state index contributed by atoms with van der Waals surface area (Å²) in [5.74, 6) is 0.452. The van der Waals surface area contributed by atoms with Crippen molar-refractivity contribution < 1.29 is 9.60 Å². The predicted octanol–water partition coefficient (Wildman–Crippen LogP) is 2.30. The first kappa shape index (κ1) is 15.4. The third-order valence-corrected chi connectivity index (χ3v) is 3.38. The van der Waals surface area contributed by atoms with Crippen molar-refractivity contribution >= 4 is 5.84 Å². The second kappa shape index (κ2) is 7.09. The molecule has 5 heteroatoms. The molecule has 4 nitrogen and oxygen atoms in total. The Labute approximate surface area is 113 Å². The Morgan fingerprint density at radius 3 is 2.68 bits per heavy atom. The van der Waals surface area contributed by atoms with E-state index >= 15 is 0 Å². The van der Waals surface area contributed by atoms with Gasteiger partial charge < -0.3 is 16.3 Å². The monoisotopic (exact) mass is 267 g/mol. The van der Waals surface area contributed by atoms with Crippen molar-refractivity contribution in [3.8, 4) is 0 Å². The number of oxime groups is 1. The molecule has 0 bridgehead atoms. The van der Waals surface area contributed by atoms with Gasteiger partial charge in [-0.2, -0.15) is 0 Å². The highest BCUT2D eigenvalue weighted by atomic mass is 19.1. The zero-order valence-electron chi connectivity index (χ0n) is 11.7. The van der Waals surface area contributed by atoms with Gasteiger partial charge in [-0.3, -0.25) is 0 Å². The Morgan fingerprint density at radius 2 is 2.11 bits per heavy atom. The summed E-state index contributed by atoms with van der Waals surface area (Å²) < 4.78 is 14.1. The van der Waals surface area contributed by atoms with Crippen LogP contribution < -0.4 is 11.1 Å². The lowest BCUT2D eigenvalue weighted by Crippen LogP contribution is -2.25. The Hall–Kier alpha value is -1.62. The Kier molecular flexibility index (Phi) is 5.76. The first-order chi connectivity index (χ1) is 8.97. The van der Waals surface area contributed by atoms with Crippen LogP contribution in [-0.2, 0) is 6.54 Å². The molecule has 0 aromatic heterocycles. The van der Waals surface area contributed by atoms with Crippen LogP contribution in [0.4, 0.5) is 4.39 Å². The van der Waals surface area contributed by atoms with Gasteiger partial charge in [-0.1, -0.05) is 38.1 Å². The lowest BCUT2D eigenvalue weighted by Gasteiger charge is -2.16. The molecular formula is C14H22FN3O. The second-order valence-electron chi connectivity index (χ2n) is 5.12. The number of hydrogen-bond acceptors (Lipinski definition) is 3. The van der Waals surface area contributed by atoms with E-state index in [9.17, 15) is 4.39 Å². The summed E-state index contributed by atoms with van der Waals surface area (Å²) in [6.07, 6.45) is 0. The molecule has 0 heterocycles. The molecule has 0 aliphatic heterocycles. The molecule has 0 aliphatic carbocycles. The Bertz CT molecular complexity index is 446. The highest BCUT2D eigenvalue weighted by Crippen LogP contribution is 2.13. The van der Waals surface area contributed by atoms with Crippen LogP contribution in [0, 0.1) is 17.7 Å². The van der Waals surface area contributed by atoms with E-state index in [0.29, 0.717) is 23.9 Å². The number of rotatable bonds is 6. The fraction of sp³-hybridized carbons (Fsp3) is 0.500. The molecule has 0 saturated heterocycles. The molecule has 1 unspecified atom stereocenters. The highest BCUT2D eigenvalue weighted by Gasteiger charge is 2.12. The molecule has 1 aromatic carbocycles. The maximum Gasteiger partial charge on any atom is 0.173 e. The molecule has 1 atom stereocenters. The van der Waals surface area contributed by atoms with E-state index in [0.717, 1.165) is 6.54 Å². The number of nitrogens with zero attached hydrogens (tertiary/aromatic N) is 1. The topological polar surface area (TPSA) is 70.6 Å². The summed E-state index contributed by atoms with van der Waals surface area (Å²) in [5.41, 5.74) is 6.06. The van der Waals surface area contributed by atoms with Crippen LogP contribution in [0.3, 0.4) is 0 Å². The van der Waals surface area contributed by atoms with Gasteiger partial charge in [0, 0.05) is 12.1 Å². The number of benzene rings is 1. The van der Waals surface area contributed by atoms with Crippen LogP contribution in [0.2, 0.25) is 0 Å². The normalized spacial score (nSPS) is 13.8. The molecule has 0 amide bonds. The number of hydrogen-bond donors (Lipinski definition) is 3. The maximum absolute atomic E-state index is 14.1. The van der Waals surface area contributed by atoms with Gasteiger partial charge in [-0.15, -0.1) is 0 Å². The number of nitrogens with two attached hydrogens (primary N) is 1. The summed E-state index contributed by atoms with van der Waals surface area (Å²) in [4.78, 5) is 0. The fourth-order valence-electron chi connectivity index (χ4n) is 1.64. The van der Waals surface area contributed by atoms with E-state index in [2.05, 4.69) is 31.2 Å². The molecule has 4 N–H and O–H groups in total. The summed E-state index contributed by atoms with van der Waals surface area (Å²) in [6, 6.07) is 4.88. The smallest absolute Gasteiger partial charge is 0.173 e. The van der Waals surface area contributed by atoms with Crippen LogP contribution in [-0.4, -0.2) is 17.6 Å². The van der Waals surface area contributed by atoms with Crippen molar-refractivity contribution in [2.24, 2.45) is 22.7 Å². The molecule has 0 aliphatic rings. The Morgan fingerprint density at radius 1 is 1.42 bits per heavy atom. The maximum atomic E-state index is 14.1. The van der Waals surface area contributed by atoms with E-state index in [1.807, 2.05) is 0 Å². The van der Waals surface area contributed by atoms with Gasteiger partial charge in [0.15, 0.2) is 5.84 Å². The number of amidine groups is 1. The average Bonchev–Trinajstić information content (AvgIpc) is 2.39. The molecule has 0 spiro atoms. The third-order valence-electron chi connectivity index (χ3n) is 3.38. The summed E-state index contributed by atoms with van der Waals surface area (Å²) in [6.45, 7) is 7.72. The molecule has 19 heavy (non-hydrogen) atoms. The standard InChI is InChI=1S/C14H22FN3O/c1-9(2)10(3)7-17-8-11-5-4-6-12(13(11)15)14(16)18-19/h4-6,9-10,17,19H,7-8H2,1-3H3,(H2,16,18). The summed E-state index contributed by atoms with van der Waals surface area (Å²) in [5, 5.41) is 14.6. The SMILES string of the molecule is CC(C)C(C)CNCc1cccc(/C(N)=N/O)c1F. The van der Waals surface area contributed by atoms with E-state index in [1.165, 1.54) is 6.07 Å². The predicted molar refractivity (Wildman–Crippen MR) is 74.6 cm³/mol. The number of halogens is 1. The van der Waals surface area contributed by atoms with Gasteiger partial charge in [-0.25, -0.2) is 4.39 Å². The average molecular weight is 267 g/mol. The fourth-order valence-corrected chi connectivity index (χ4v) is 1.64. The molecule has 0 saturated carbocycles. The van der Waals surface area contributed by atoms with Crippen molar-refractivity contribution in [1.82, 2.24) is 5.32 Å². The minimum Gasteiger partial charge on any atom is -0.409 e. The third kappa shape index (κ3) is 4.21. The molecule has 1 rings (SSSR count). The van der Waals surface area contributed by atoms with Crippen LogP contribution in [0.5, 0.6) is 0 Å². The summed E-state index contributed by atoms with van der Waals surface area (Å²) >= 11 is 0. The van der Waals surface area contributed by atoms with Crippen molar-refractivity contribution in [2.75, 3.05) is 6.54 Å². The minimum atomic E-state index is -0.442. The first-order valence-electron chi connectivity index (χ1n) is 6.43. The van der Waals surface area contributed by atoms with Gasteiger partial charge in [0.2, 0.25) is 0 Å².